The quantitative estimate of drug-likeness (QED) is 0.757. The lowest BCUT2D eigenvalue weighted by Crippen LogP contribution is -2.96. The molecule has 2 rings (SSSR count). The molecule has 3 N–H and O–H groups in total. The molecule has 0 bridgehead atoms. The van der Waals surface area contributed by atoms with E-state index in [4.69, 9.17) is 14.2 Å². The van der Waals surface area contributed by atoms with Crippen LogP contribution in [0.4, 0.5) is 0 Å². The molecule has 0 spiro atoms. The molecule has 0 aromatic heterocycles. The number of ether oxygens (including phenoxy) is 3. The molecule has 1 saturated heterocycles. The number of aliphatic hydroxyl groups excluding tert-OH is 1. The van der Waals surface area contributed by atoms with Gasteiger partial charge in [-0.2, -0.15) is 0 Å². The van der Waals surface area contributed by atoms with E-state index in [0.717, 1.165) is 19.4 Å². The van der Waals surface area contributed by atoms with Gasteiger partial charge in [0.1, 0.15) is 25.9 Å². The Morgan fingerprint density at radius 1 is 1.26 bits per heavy atom. The van der Waals surface area contributed by atoms with Crippen molar-refractivity contribution < 1.29 is 24.6 Å². The second-order valence-corrected chi connectivity index (χ2v) is 7.16. The van der Waals surface area contributed by atoms with Gasteiger partial charge in [0.2, 0.25) is 0 Å². The van der Waals surface area contributed by atoms with Gasteiger partial charge in [0, 0.05) is 6.61 Å². The molecule has 1 heterocycles. The van der Waals surface area contributed by atoms with Crippen LogP contribution in [0.15, 0.2) is 24.3 Å². The van der Waals surface area contributed by atoms with E-state index in [-0.39, 0.29) is 18.2 Å². The van der Waals surface area contributed by atoms with Gasteiger partial charge >= 0.3 is 0 Å². The van der Waals surface area contributed by atoms with Crippen LogP contribution in [0.2, 0.25) is 0 Å². The Kier molecular flexibility index (Phi) is 6.69. The maximum absolute atomic E-state index is 10.1. The highest BCUT2D eigenvalue weighted by Gasteiger charge is 2.18. The lowest BCUT2D eigenvalue weighted by atomic mass is 10.1. The molecule has 1 aliphatic heterocycles. The van der Waals surface area contributed by atoms with Crippen LogP contribution in [0.3, 0.4) is 0 Å². The van der Waals surface area contributed by atoms with Crippen LogP contribution in [-0.2, 0) is 4.74 Å². The predicted octanol–water partition coefficient (Wildman–Crippen LogP) is 1.35. The molecule has 2 atom stereocenters. The van der Waals surface area contributed by atoms with Crippen LogP contribution in [-0.4, -0.2) is 49.2 Å². The van der Waals surface area contributed by atoms with Gasteiger partial charge in [-0.25, -0.2) is 0 Å². The Labute approximate surface area is 138 Å². The van der Waals surface area contributed by atoms with E-state index >= 15 is 0 Å². The first-order valence-corrected chi connectivity index (χ1v) is 8.43. The average Bonchev–Trinajstić information content (AvgIpc) is 3.02. The topological polar surface area (TPSA) is 64.5 Å². The Morgan fingerprint density at radius 3 is 2.57 bits per heavy atom. The van der Waals surface area contributed by atoms with Gasteiger partial charge in [-0.3, -0.25) is 0 Å². The number of benzene rings is 1. The number of hydrogen-bond donors (Lipinski definition) is 2. The van der Waals surface area contributed by atoms with Gasteiger partial charge in [-0.1, -0.05) is 12.1 Å². The SMILES string of the molecule is CC(C)(C)[NH2+]C[C@@H](O)COc1ccccc1OC[C@@H]1CCCO1. The molecule has 5 heteroatoms. The van der Waals surface area contributed by atoms with Gasteiger partial charge < -0.3 is 24.6 Å². The van der Waals surface area contributed by atoms with Crippen molar-refractivity contribution in [1.82, 2.24) is 0 Å². The summed E-state index contributed by atoms with van der Waals surface area (Å²) in [4.78, 5) is 0. The predicted molar refractivity (Wildman–Crippen MR) is 89.0 cm³/mol. The summed E-state index contributed by atoms with van der Waals surface area (Å²) >= 11 is 0. The van der Waals surface area contributed by atoms with Crippen LogP contribution in [0.1, 0.15) is 33.6 Å². The minimum absolute atomic E-state index is 0.100. The lowest BCUT2D eigenvalue weighted by Gasteiger charge is -2.20. The summed E-state index contributed by atoms with van der Waals surface area (Å²) in [7, 11) is 0. The zero-order valence-electron chi connectivity index (χ0n) is 14.5. The molecule has 23 heavy (non-hydrogen) atoms. The van der Waals surface area contributed by atoms with Gasteiger partial charge in [-0.05, 0) is 45.7 Å². The summed E-state index contributed by atoms with van der Waals surface area (Å²) in [5, 5.41) is 12.2. The summed E-state index contributed by atoms with van der Waals surface area (Å²) in [5.41, 5.74) is 0.100. The van der Waals surface area contributed by atoms with Crippen LogP contribution in [0, 0.1) is 0 Å². The third-order valence-corrected chi connectivity index (χ3v) is 3.73. The van der Waals surface area contributed by atoms with Crippen LogP contribution < -0.4 is 14.8 Å². The van der Waals surface area contributed by atoms with Gasteiger partial charge in [-0.15, -0.1) is 0 Å². The summed E-state index contributed by atoms with van der Waals surface area (Å²) in [6.45, 7) is 8.59. The van der Waals surface area contributed by atoms with Crippen molar-refractivity contribution in [3.63, 3.8) is 0 Å². The minimum atomic E-state index is -0.513. The number of aliphatic hydroxyl groups is 1. The molecule has 1 aromatic rings. The van der Waals surface area contributed by atoms with Crippen LogP contribution >= 0.6 is 0 Å². The highest BCUT2D eigenvalue weighted by Crippen LogP contribution is 2.27. The van der Waals surface area contributed by atoms with Crippen molar-refractivity contribution in [2.24, 2.45) is 0 Å². The highest BCUT2D eigenvalue weighted by molar-refractivity contribution is 5.39. The molecule has 1 aliphatic rings. The Balaban J connectivity index is 1.79. The fourth-order valence-electron chi connectivity index (χ4n) is 2.39. The van der Waals surface area contributed by atoms with Crippen molar-refractivity contribution in [2.75, 3.05) is 26.4 Å². The number of rotatable bonds is 8. The van der Waals surface area contributed by atoms with Gasteiger partial charge in [0.15, 0.2) is 11.5 Å². The van der Waals surface area contributed by atoms with Crippen LogP contribution in [0.25, 0.3) is 0 Å². The highest BCUT2D eigenvalue weighted by atomic mass is 16.6. The first-order valence-electron chi connectivity index (χ1n) is 8.43. The Hall–Kier alpha value is -1.30. The molecule has 1 aromatic carbocycles. The molecular formula is C18H30NO4+. The molecule has 0 saturated carbocycles. The first-order chi connectivity index (χ1) is 10.9. The van der Waals surface area contributed by atoms with E-state index in [9.17, 15) is 5.11 Å². The fraction of sp³-hybridized carbons (Fsp3) is 0.667. The Bertz CT molecular complexity index is 466. The summed E-state index contributed by atoms with van der Waals surface area (Å²) in [6, 6.07) is 7.58. The van der Waals surface area contributed by atoms with Crippen molar-refractivity contribution in [1.29, 1.82) is 0 Å². The molecule has 0 aliphatic carbocycles. The number of nitrogens with two attached hydrogens (primary N) is 1. The fourth-order valence-corrected chi connectivity index (χ4v) is 2.39. The largest absolute Gasteiger partial charge is 0.487 e. The second kappa shape index (κ2) is 8.52. The molecule has 0 unspecified atom stereocenters. The number of para-hydroxylation sites is 2. The van der Waals surface area contributed by atoms with Crippen molar-refractivity contribution in [3.8, 4) is 11.5 Å². The normalized spacial score (nSPS) is 19.6. The van der Waals surface area contributed by atoms with Gasteiger partial charge in [0.05, 0.1) is 11.6 Å². The maximum Gasteiger partial charge on any atom is 0.161 e. The van der Waals surface area contributed by atoms with Gasteiger partial charge in [0.25, 0.3) is 0 Å². The van der Waals surface area contributed by atoms with E-state index in [1.807, 2.05) is 24.3 Å². The second-order valence-electron chi connectivity index (χ2n) is 7.16. The van der Waals surface area contributed by atoms with E-state index < -0.39 is 6.10 Å². The van der Waals surface area contributed by atoms with Crippen molar-refractivity contribution in [3.05, 3.63) is 24.3 Å². The lowest BCUT2D eigenvalue weighted by molar-refractivity contribution is -0.722. The summed E-state index contributed by atoms with van der Waals surface area (Å²) in [5.74, 6) is 1.37. The smallest absolute Gasteiger partial charge is 0.161 e. The third kappa shape index (κ3) is 6.77. The molecule has 130 valence electrons. The molecular weight excluding hydrogens is 294 g/mol. The van der Waals surface area contributed by atoms with Crippen molar-refractivity contribution >= 4 is 0 Å². The summed E-state index contributed by atoms with van der Waals surface area (Å²) < 4.78 is 17.1. The van der Waals surface area contributed by atoms with E-state index in [1.165, 1.54) is 0 Å². The maximum atomic E-state index is 10.1. The molecule has 0 radical (unpaired) electrons. The number of hydrogen-bond acceptors (Lipinski definition) is 4. The molecule has 1 fully saturated rings. The van der Waals surface area contributed by atoms with Crippen LogP contribution in [0.5, 0.6) is 11.5 Å². The minimum Gasteiger partial charge on any atom is -0.487 e. The van der Waals surface area contributed by atoms with E-state index in [0.29, 0.717) is 24.7 Å². The standard InChI is InChI=1S/C18H29NO4/c1-18(2,3)19-11-14(20)12-22-16-8-4-5-9-17(16)23-13-15-7-6-10-21-15/h4-5,8-9,14-15,19-20H,6-7,10-13H2,1-3H3/p+1/t14-,15+/m1/s1. The monoisotopic (exact) mass is 324 g/mol. The molecule has 5 nitrogen and oxygen atoms in total. The van der Waals surface area contributed by atoms with E-state index in [1.54, 1.807) is 0 Å². The summed E-state index contributed by atoms with van der Waals surface area (Å²) in [6.07, 6.45) is 1.81. The van der Waals surface area contributed by atoms with E-state index in [2.05, 4.69) is 26.1 Å². The first kappa shape index (κ1) is 18.0. The zero-order chi connectivity index (χ0) is 16.7. The zero-order valence-corrected chi connectivity index (χ0v) is 14.5. The third-order valence-electron chi connectivity index (χ3n) is 3.73. The Morgan fingerprint density at radius 2 is 1.96 bits per heavy atom. The number of quaternary nitrogens is 1. The average molecular weight is 324 g/mol. The van der Waals surface area contributed by atoms with Crippen molar-refractivity contribution in [2.45, 2.75) is 51.4 Å². The molecule has 0 amide bonds.